The lowest BCUT2D eigenvalue weighted by atomic mass is 9.69. The second kappa shape index (κ2) is 13.1. The Bertz CT molecular complexity index is 2310. The number of carboxylic acids is 2. The van der Waals surface area contributed by atoms with E-state index in [-0.39, 0.29) is 11.1 Å². The largest absolute Gasteiger partial charge is 0.478 e. The summed E-state index contributed by atoms with van der Waals surface area (Å²) in [6.45, 7) is 0. The molecule has 2 N–H and O–H groups in total. The summed E-state index contributed by atoms with van der Waals surface area (Å²) >= 11 is 0. The third-order valence-corrected chi connectivity index (χ3v) is 8.43. The van der Waals surface area contributed by atoms with E-state index in [1.165, 1.54) is 12.1 Å². The SMILES string of the molecule is O=C(O)c1ccc(C(c2ccc(C(=O)O)cc2C#Cc2cccc3ccccc23)(C(F)(F)F)C(F)(F)F)c(C#Cc2cccc3ccccc23)c1. The summed E-state index contributed by atoms with van der Waals surface area (Å²) in [6.07, 6.45) is -12.3. The quantitative estimate of drug-likeness (QED) is 0.143. The molecule has 0 heterocycles. The van der Waals surface area contributed by atoms with Crippen LogP contribution in [0.3, 0.4) is 0 Å². The second-order valence-electron chi connectivity index (χ2n) is 11.4. The van der Waals surface area contributed by atoms with Crippen molar-refractivity contribution in [3.05, 3.63) is 166 Å². The molecule has 0 aliphatic carbocycles. The molecule has 10 heteroatoms. The molecule has 0 unspecified atom stereocenters. The van der Waals surface area contributed by atoms with Crippen LogP contribution in [0.25, 0.3) is 21.5 Å². The minimum absolute atomic E-state index is 0.275. The van der Waals surface area contributed by atoms with Crippen LogP contribution in [-0.2, 0) is 5.41 Å². The van der Waals surface area contributed by atoms with Gasteiger partial charge in [0.2, 0.25) is 5.41 Å². The smallest absolute Gasteiger partial charge is 0.411 e. The monoisotopic (exact) mass is 692 g/mol. The van der Waals surface area contributed by atoms with Crippen LogP contribution in [0.4, 0.5) is 26.3 Å². The molecule has 0 spiro atoms. The number of aromatic carboxylic acids is 2. The van der Waals surface area contributed by atoms with Gasteiger partial charge in [-0.3, -0.25) is 0 Å². The van der Waals surface area contributed by atoms with E-state index in [4.69, 9.17) is 0 Å². The third kappa shape index (κ3) is 6.24. The lowest BCUT2D eigenvalue weighted by Gasteiger charge is -2.39. The molecule has 0 saturated heterocycles. The van der Waals surface area contributed by atoms with Crippen molar-refractivity contribution in [2.75, 3.05) is 0 Å². The van der Waals surface area contributed by atoms with Crippen LogP contribution in [0, 0.1) is 23.7 Å². The highest BCUT2D eigenvalue weighted by Crippen LogP contribution is 2.57. The topological polar surface area (TPSA) is 74.6 Å². The Morgan fingerprint density at radius 2 is 0.804 bits per heavy atom. The zero-order chi connectivity index (χ0) is 36.6. The molecule has 0 bridgehead atoms. The number of rotatable bonds is 4. The summed E-state index contributed by atoms with van der Waals surface area (Å²) in [5, 5.41) is 21.9. The van der Waals surface area contributed by atoms with E-state index in [1.807, 2.05) is 0 Å². The number of fused-ring (bicyclic) bond motifs is 2. The summed E-state index contributed by atoms with van der Waals surface area (Å²) < 4.78 is 93.7. The zero-order valence-electron chi connectivity index (χ0n) is 26.0. The van der Waals surface area contributed by atoms with Crippen molar-refractivity contribution in [1.82, 2.24) is 0 Å². The molecule has 6 rings (SSSR count). The number of halogens is 6. The van der Waals surface area contributed by atoms with Crippen molar-refractivity contribution in [2.24, 2.45) is 0 Å². The Morgan fingerprint density at radius 3 is 1.18 bits per heavy atom. The third-order valence-electron chi connectivity index (χ3n) is 8.43. The van der Waals surface area contributed by atoms with Crippen LogP contribution in [0.15, 0.2) is 121 Å². The van der Waals surface area contributed by atoms with E-state index in [0.29, 0.717) is 57.9 Å². The van der Waals surface area contributed by atoms with E-state index in [2.05, 4.69) is 23.7 Å². The summed E-state index contributed by atoms with van der Waals surface area (Å²) in [4.78, 5) is 23.9. The van der Waals surface area contributed by atoms with Gasteiger partial charge in [-0.2, -0.15) is 26.3 Å². The van der Waals surface area contributed by atoms with Gasteiger partial charge in [-0.1, -0.05) is 109 Å². The number of carboxylic acid groups (broad SMARTS) is 2. The van der Waals surface area contributed by atoms with Gasteiger partial charge in [0.1, 0.15) is 0 Å². The molecule has 0 fully saturated rings. The molecule has 51 heavy (non-hydrogen) atoms. The minimum Gasteiger partial charge on any atom is -0.478 e. The van der Waals surface area contributed by atoms with E-state index in [1.54, 1.807) is 72.8 Å². The first-order chi connectivity index (χ1) is 24.2. The first-order valence-corrected chi connectivity index (χ1v) is 15.1. The van der Waals surface area contributed by atoms with Crippen LogP contribution < -0.4 is 0 Å². The molecule has 6 aromatic carbocycles. The fraction of sp³-hybridized carbons (Fsp3) is 0.0732. The Balaban J connectivity index is 1.69. The van der Waals surface area contributed by atoms with Gasteiger partial charge < -0.3 is 10.2 Å². The van der Waals surface area contributed by atoms with Crippen molar-refractivity contribution in [1.29, 1.82) is 0 Å². The Kier molecular flexibility index (Phi) is 8.80. The Hall–Kier alpha value is -6.52. The number of hydrogen-bond donors (Lipinski definition) is 2. The molecule has 0 atom stereocenters. The number of benzene rings is 6. The molecule has 0 amide bonds. The molecule has 0 radical (unpaired) electrons. The summed E-state index contributed by atoms with van der Waals surface area (Å²) in [5.74, 6) is 6.94. The molecule has 0 aliphatic rings. The summed E-state index contributed by atoms with van der Waals surface area (Å²) in [6, 6.07) is 27.0. The molecule has 4 nitrogen and oxygen atoms in total. The van der Waals surface area contributed by atoms with Crippen LogP contribution >= 0.6 is 0 Å². The Morgan fingerprint density at radius 1 is 0.451 bits per heavy atom. The predicted molar refractivity (Wildman–Crippen MR) is 180 cm³/mol. The van der Waals surface area contributed by atoms with Gasteiger partial charge in [-0.15, -0.1) is 0 Å². The maximum Gasteiger partial charge on any atom is 0.411 e. The highest BCUT2D eigenvalue weighted by molar-refractivity contribution is 5.91. The van der Waals surface area contributed by atoms with Gasteiger partial charge in [0.05, 0.1) is 11.1 Å². The first kappa shape index (κ1) is 34.3. The summed E-state index contributed by atoms with van der Waals surface area (Å²) in [7, 11) is 0. The number of alkyl halides is 6. The molecular formula is C41H22F6O4. The van der Waals surface area contributed by atoms with Crippen LogP contribution in [0.1, 0.15) is 54.1 Å². The summed E-state index contributed by atoms with van der Waals surface area (Å²) in [5.41, 5.74) is -10.0. The number of hydrogen-bond acceptors (Lipinski definition) is 2. The van der Waals surface area contributed by atoms with Crippen molar-refractivity contribution in [3.63, 3.8) is 0 Å². The molecule has 0 saturated carbocycles. The maximum absolute atomic E-state index is 15.6. The lowest BCUT2D eigenvalue weighted by molar-refractivity contribution is -0.288. The van der Waals surface area contributed by atoms with Gasteiger partial charge in [0, 0.05) is 22.3 Å². The lowest BCUT2D eigenvalue weighted by Crippen LogP contribution is -2.55. The van der Waals surface area contributed by atoms with E-state index in [0.717, 1.165) is 0 Å². The van der Waals surface area contributed by atoms with E-state index < -0.39 is 63.1 Å². The van der Waals surface area contributed by atoms with Crippen molar-refractivity contribution >= 4 is 33.5 Å². The van der Waals surface area contributed by atoms with Gasteiger partial charge in [0.25, 0.3) is 0 Å². The molecule has 6 aromatic rings. The van der Waals surface area contributed by atoms with Gasteiger partial charge in [0.15, 0.2) is 0 Å². The standard InChI is InChI=1S/C41H22F6O4/c42-40(43,44)39(41(45,46)47,35-21-19-31(37(48)49)23-29(35)17-15-27-11-5-9-25-7-1-3-13-33(25)27)36-22-20-32(38(50)51)24-30(36)18-16-28-12-6-10-26-8-2-4-14-34(26)28/h1-14,19-24H,(H,48,49)(H,50,51). The normalized spacial score (nSPS) is 11.7. The highest BCUT2D eigenvalue weighted by atomic mass is 19.4. The maximum atomic E-state index is 15.6. The Labute approximate surface area is 286 Å². The average Bonchev–Trinajstić information content (AvgIpc) is 3.09. The molecule has 0 aromatic heterocycles. The minimum atomic E-state index is -6.13. The van der Waals surface area contributed by atoms with Crippen LogP contribution in [0.2, 0.25) is 0 Å². The second-order valence-corrected chi connectivity index (χ2v) is 11.4. The highest BCUT2D eigenvalue weighted by Gasteiger charge is 2.73. The average molecular weight is 693 g/mol. The predicted octanol–water partition coefficient (Wildman–Crippen LogP) is 9.60. The van der Waals surface area contributed by atoms with Gasteiger partial charge in [-0.05, 0) is 69.1 Å². The van der Waals surface area contributed by atoms with Crippen molar-refractivity contribution in [2.45, 2.75) is 17.8 Å². The molecule has 0 aliphatic heterocycles. The number of carbonyl (C=O) groups is 2. The van der Waals surface area contributed by atoms with Gasteiger partial charge in [-0.25, -0.2) is 9.59 Å². The zero-order valence-corrected chi connectivity index (χ0v) is 26.0. The van der Waals surface area contributed by atoms with Crippen LogP contribution in [-0.4, -0.2) is 34.5 Å². The van der Waals surface area contributed by atoms with E-state index in [9.17, 15) is 19.8 Å². The van der Waals surface area contributed by atoms with E-state index >= 15 is 26.3 Å². The molecule has 252 valence electrons. The van der Waals surface area contributed by atoms with Crippen molar-refractivity contribution in [3.8, 4) is 23.7 Å². The van der Waals surface area contributed by atoms with Gasteiger partial charge >= 0.3 is 24.3 Å². The fourth-order valence-corrected chi connectivity index (χ4v) is 6.07. The first-order valence-electron chi connectivity index (χ1n) is 15.1. The van der Waals surface area contributed by atoms with Crippen molar-refractivity contribution < 1.29 is 46.1 Å². The van der Waals surface area contributed by atoms with Crippen LogP contribution in [0.5, 0.6) is 0 Å². The molecular weight excluding hydrogens is 670 g/mol. The fourth-order valence-electron chi connectivity index (χ4n) is 6.07.